The number of hydrogen-bond acceptors (Lipinski definition) is 7. The van der Waals surface area contributed by atoms with Crippen LogP contribution in [-0.2, 0) is 15.9 Å². The monoisotopic (exact) mass is 430 g/mol. The van der Waals surface area contributed by atoms with Crippen LogP contribution >= 0.6 is 0 Å². The van der Waals surface area contributed by atoms with Gasteiger partial charge in [-0.25, -0.2) is 14.4 Å². The number of benzene rings is 2. The Kier molecular flexibility index (Phi) is 8.68. The van der Waals surface area contributed by atoms with Crippen molar-refractivity contribution >= 4 is 23.7 Å². The summed E-state index contributed by atoms with van der Waals surface area (Å²) in [5.74, 6) is 0.00225. The van der Waals surface area contributed by atoms with Crippen molar-refractivity contribution in [3.8, 4) is 11.5 Å². The first-order valence-electron chi connectivity index (χ1n) is 9.58. The summed E-state index contributed by atoms with van der Waals surface area (Å²) in [6.07, 6.45) is 0.561. The number of carbonyl (C=O) groups is 3. The fourth-order valence-electron chi connectivity index (χ4n) is 2.81. The molecular formula is C22H26N2O7. The highest BCUT2D eigenvalue weighted by Gasteiger charge is 2.15. The molecular weight excluding hydrogens is 404 g/mol. The molecule has 2 amide bonds. The average Bonchev–Trinajstić information content (AvgIpc) is 2.78. The van der Waals surface area contributed by atoms with E-state index in [4.69, 9.17) is 9.47 Å². The number of anilines is 1. The number of rotatable bonds is 9. The Morgan fingerprint density at radius 2 is 1.52 bits per heavy atom. The van der Waals surface area contributed by atoms with Crippen molar-refractivity contribution in [3.05, 3.63) is 53.1 Å². The van der Waals surface area contributed by atoms with E-state index in [1.165, 1.54) is 32.4 Å². The molecule has 2 N–H and O–H groups in total. The number of amides is 2. The summed E-state index contributed by atoms with van der Waals surface area (Å²) in [4.78, 5) is 35.9. The van der Waals surface area contributed by atoms with E-state index in [1.807, 2.05) is 25.1 Å². The molecule has 166 valence electrons. The van der Waals surface area contributed by atoms with E-state index in [-0.39, 0.29) is 16.8 Å². The molecule has 0 aliphatic heterocycles. The Hall–Kier alpha value is -3.75. The first-order valence-corrected chi connectivity index (χ1v) is 9.58. The topological polar surface area (TPSA) is 112 Å². The fourth-order valence-corrected chi connectivity index (χ4v) is 2.81. The lowest BCUT2D eigenvalue weighted by Gasteiger charge is -2.12. The average molecular weight is 430 g/mol. The van der Waals surface area contributed by atoms with Crippen molar-refractivity contribution in [3.63, 3.8) is 0 Å². The number of nitrogens with one attached hydrogen (secondary N) is 2. The molecule has 0 heterocycles. The van der Waals surface area contributed by atoms with Gasteiger partial charge in [-0.3, -0.25) is 0 Å². The molecule has 2 aromatic carbocycles. The number of ether oxygens (including phenoxy) is 4. The maximum atomic E-state index is 12.3. The largest absolute Gasteiger partial charge is 0.493 e. The first-order chi connectivity index (χ1) is 14.9. The number of hydrogen-bond donors (Lipinski definition) is 2. The second kappa shape index (κ2) is 11.4. The number of carbonyl (C=O) groups excluding carboxylic acids is 3. The van der Waals surface area contributed by atoms with Crippen LogP contribution in [-0.4, -0.2) is 52.5 Å². The van der Waals surface area contributed by atoms with Gasteiger partial charge in [0.2, 0.25) is 0 Å². The summed E-state index contributed by atoms with van der Waals surface area (Å²) < 4.78 is 20.2. The van der Waals surface area contributed by atoms with Crippen molar-refractivity contribution in [1.29, 1.82) is 0 Å². The van der Waals surface area contributed by atoms with E-state index in [9.17, 15) is 14.4 Å². The van der Waals surface area contributed by atoms with Crippen molar-refractivity contribution in [2.24, 2.45) is 0 Å². The van der Waals surface area contributed by atoms with Crippen LogP contribution in [0.2, 0.25) is 0 Å². The van der Waals surface area contributed by atoms with Gasteiger partial charge in [-0.2, -0.15) is 0 Å². The third-order valence-electron chi connectivity index (χ3n) is 4.26. The Labute approximate surface area is 180 Å². The van der Waals surface area contributed by atoms with E-state index in [2.05, 4.69) is 20.1 Å². The Morgan fingerprint density at radius 3 is 2.06 bits per heavy atom. The second-order valence-corrected chi connectivity index (χ2v) is 6.33. The summed E-state index contributed by atoms with van der Waals surface area (Å²) >= 11 is 0. The van der Waals surface area contributed by atoms with Crippen LogP contribution in [0.4, 0.5) is 10.5 Å². The normalized spacial score (nSPS) is 10.1. The minimum Gasteiger partial charge on any atom is -0.493 e. The maximum absolute atomic E-state index is 12.3. The highest BCUT2D eigenvalue weighted by molar-refractivity contribution is 5.99. The standard InChI is InChI=1S/C22H26N2O7/c1-5-31-18-7-6-14(10-19(18)28-2)8-9-23-22(27)24-17-12-15(20(25)29-3)11-16(13-17)21(26)30-4/h6-7,10-13H,5,8-9H2,1-4H3,(H2,23,24,27). The summed E-state index contributed by atoms with van der Waals surface area (Å²) in [7, 11) is 4.02. The minimum absolute atomic E-state index is 0.113. The highest BCUT2D eigenvalue weighted by Crippen LogP contribution is 2.28. The van der Waals surface area contributed by atoms with Gasteiger partial charge in [0.25, 0.3) is 0 Å². The molecule has 0 saturated carbocycles. The number of methoxy groups -OCH3 is 3. The van der Waals surface area contributed by atoms with E-state index < -0.39 is 18.0 Å². The van der Waals surface area contributed by atoms with Crippen molar-refractivity contribution < 1.29 is 33.3 Å². The van der Waals surface area contributed by atoms with Crippen molar-refractivity contribution in [2.75, 3.05) is 39.8 Å². The molecule has 0 aliphatic carbocycles. The van der Waals surface area contributed by atoms with Crippen LogP contribution in [0.1, 0.15) is 33.2 Å². The molecule has 0 aliphatic rings. The quantitative estimate of drug-likeness (QED) is 0.588. The lowest BCUT2D eigenvalue weighted by Crippen LogP contribution is -2.30. The summed E-state index contributed by atoms with van der Waals surface area (Å²) in [6, 6.07) is 9.24. The van der Waals surface area contributed by atoms with Gasteiger partial charge in [0.1, 0.15) is 0 Å². The maximum Gasteiger partial charge on any atom is 0.337 e. The van der Waals surface area contributed by atoms with Gasteiger partial charge in [-0.05, 0) is 49.2 Å². The molecule has 0 saturated heterocycles. The first kappa shape index (κ1) is 23.5. The molecule has 9 nitrogen and oxygen atoms in total. The molecule has 0 fully saturated rings. The molecule has 0 atom stereocenters. The molecule has 2 rings (SSSR count). The zero-order valence-electron chi connectivity index (χ0n) is 17.9. The molecule has 9 heteroatoms. The van der Waals surface area contributed by atoms with Crippen LogP contribution in [0.3, 0.4) is 0 Å². The molecule has 31 heavy (non-hydrogen) atoms. The van der Waals surface area contributed by atoms with Crippen LogP contribution < -0.4 is 20.1 Å². The van der Waals surface area contributed by atoms with E-state index in [0.29, 0.717) is 31.1 Å². The SMILES string of the molecule is CCOc1ccc(CCNC(=O)Nc2cc(C(=O)OC)cc(C(=O)OC)c2)cc1OC. The Bertz CT molecular complexity index is 909. The number of urea groups is 1. The predicted molar refractivity (Wildman–Crippen MR) is 114 cm³/mol. The third kappa shape index (κ3) is 6.63. The van der Waals surface area contributed by atoms with Gasteiger partial charge in [0.05, 0.1) is 39.1 Å². The van der Waals surface area contributed by atoms with Crippen molar-refractivity contribution in [1.82, 2.24) is 5.32 Å². The smallest absolute Gasteiger partial charge is 0.337 e. The predicted octanol–water partition coefficient (Wildman–Crippen LogP) is 3.03. The summed E-state index contributed by atoms with van der Waals surface area (Å²) in [6.45, 7) is 2.78. The fraction of sp³-hybridized carbons (Fsp3) is 0.318. The van der Waals surface area contributed by atoms with Crippen LogP contribution in [0.25, 0.3) is 0 Å². The molecule has 2 aromatic rings. The van der Waals surface area contributed by atoms with Crippen LogP contribution in [0.15, 0.2) is 36.4 Å². The van der Waals surface area contributed by atoms with Gasteiger partial charge >= 0.3 is 18.0 Å². The van der Waals surface area contributed by atoms with E-state index in [0.717, 1.165) is 5.56 Å². The van der Waals surface area contributed by atoms with Gasteiger partial charge in [0, 0.05) is 12.2 Å². The van der Waals surface area contributed by atoms with Crippen LogP contribution in [0.5, 0.6) is 11.5 Å². The minimum atomic E-state index is -0.640. The lowest BCUT2D eigenvalue weighted by atomic mass is 10.1. The van der Waals surface area contributed by atoms with Gasteiger partial charge < -0.3 is 29.6 Å². The Balaban J connectivity index is 2.01. The molecule has 0 radical (unpaired) electrons. The van der Waals surface area contributed by atoms with E-state index in [1.54, 1.807) is 7.11 Å². The molecule has 0 aromatic heterocycles. The highest BCUT2D eigenvalue weighted by atomic mass is 16.5. The molecule has 0 bridgehead atoms. The van der Waals surface area contributed by atoms with Gasteiger partial charge in [-0.15, -0.1) is 0 Å². The number of esters is 2. The third-order valence-corrected chi connectivity index (χ3v) is 4.26. The van der Waals surface area contributed by atoms with Gasteiger partial charge in [-0.1, -0.05) is 6.07 Å². The summed E-state index contributed by atoms with van der Waals surface area (Å²) in [5, 5.41) is 5.33. The molecule has 0 unspecified atom stereocenters. The zero-order valence-corrected chi connectivity index (χ0v) is 17.9. The van der Waals surface area contributed by atoms with Crippen molar-refractivity contribution in [2.45, 2.75) is 13.3 Å². The van der Waals surface area contributed by atoms with E-state index >= 15 is 0 Å². The molecule has 0 spiro atoms. The second-order valence-electron chi connectivity index (χ2n) is 6.33. The lowest BCUT2D eigenvalue weighted by molar-refractivity contribution is 0.0599. The van der Waals surface area contributed by atoms with Crippen LogP contribution in [0, 0.1) is 0 Å². The van der Waals surface area contributed by atoms with Gasteiger partial charge in [0.15, 0.2) is 11.5 Å². The Morgan fingerprint density at radius 1 is 0.871 bits per heavy atom. The summed E-state index contributed by atoms with van der Waals surface area (Å²) in [5.41, 5.74) is 1.44. The zero-order chi connectivity index (χ0) is 22.8.